The van der Waals surface area contributed by atoms with Crippen molar-refractivity contribution in [2.75, 3.05) is 19.6 Å². The van der Waals surface area contributed by atoms with Gasteiger partial charge in [0.2, 0.25) is 0 Å². The maximum Gasteiger partial charge on any atom is 0.00746 e. The number of rotatable bonds is 5. The summed E-state index contributed by atoms with van der Waals surface area (Å²) in [6.45, 7) is 5.21. The maximum atomic E-state index is 5.34. The van der Waals surface area contributed by atoms with Crippen LogP contribution in [0.4, 0.5) is 0 Å². The summed E-state index contributed by atoms with van der Waals surface area (Å²) in [5.74, 6) is 1.99. The summed E-state index contributed by atoms with van der Waals surface area (Å²) in [5, 5.41) is 3.34. The average molecular weight is 142 g/mol. The lowest BCUT2D eigenvalue weighted by molar-refractivity contribution is 0.595. The van der Waals surface area contributed by atoms with Gasteiger partial charge in [-0.3, -0.25) is 0 Å². The van der Waals surface area contributed by atoms with Crippen molar-refractivity contribution in [1.29, 1.82) is 0 Å². The third-order valence-electron chi connectivity index (χ3n) is 2.32. The van der Waals surface area contributed by atoms with E-state index >= 15 is 0 Å². The van der Waals surface area contributed by atoms with Crippen molar-refractivity contribution >= 4 is 0 Å². The summed E-state index contributed by atoms with van der Waals surface area (Å²) in [5.41, 5.74) is 5.34. The first-order valence-corrected chi connectivity index (χ1v) is 4.29. The molecule has 60 valence electrons. The first-order chi connectivity index (χ1) is 4.88. The molecular formula is C8H18N2. The lowest BCUT2D eigenvalue weighted by atomic mass is 10.2. The third kappa shape index (κ3) is 2.27. The van der Waals surface area contributed by atoms with Gasteiger partial charge in [0.05, 0.1) is 0 Å². The van der Waals surface area contributed by atoms with Crippen LogP contribution in [0.15, 0.2) is 0 Å². The fourth-order valence-electron chi connectivity index (χ4n) is 1.45. The summed E-state index contributed by atoms with van der Waals surface area (Å²) in [6, 6.07) is 0. The van der Waals surface area contributed by atoms with Crippen LogP contribution in [0.2, 0.25) is 0 Å². The molecule has 0 radical (unpaired) electrons. The number of nitrogens with two attached hydrogens (primary N) is 1. The highest BCUT2D eigenvalue weighted by Gasteiger charge is 2.34. The Kier molecular flexibility index (Phi) is 3.16. The Morgan fingerprint density at radius 1 is 1.50 bits per heavy atom. The summed E-state index contributed by atoms with van der Waals surface area (Å²) < 4.78 is 0. The molecule has 3 N–H and O–H groups in total. The number of hydrogen-bond acceptors (Lipinski definition) is 2. The fraction of sp³-hybridized carbons (Fsp3) is 1.00. The van der Waals surface area contributed by atoms with E-state index in [1.165, 1.54) is 19.4 Å². The number of nitrogens with one attached hydrogen (secondary N) is 1. The molecule has 1 aliphatic rings. The lowest BCUT2D eigenvalue weighted by Gasteiger charge is -1.99. The first kappa shape index (κ1) is 8.02. The standard InChI is InChI=1S/C8H18N2/c1-2-7-5-8(7)6-10-4-3-9/h7-8,10H,2-6,9H2,1H3. The highest BCUT2D eigenvalue weighted by atomic mass is 14.9. The van der Waals surface area contributed by atoms with Crippen molar-refractivity contribution in [3.63, 3.8) is 0 Å². The van der Waals surface area contributed by atoms with E-state index in [2.05, 4.69) is 12.2 Å². The topological polar surface area (TPSA) is 38.0 Å². The van der Waals surface area contributed by atoms with Gasteiger partial charge in [0.25, 0.3) is 0 Å². The Hall–Kier alpha value is -0.0800. The van der Waals surface area contributed by atoms with Crippen LogP contribution in [0.5, 0.6) is 0 Å². The Bertz CT molecular complexity index is 93.3. The van der Waals surface area contributed by atoms with Crippen LogP contribution in [0.3, 0.4) is 0 Å². The largest absolute Gasteiger partial charge is 0.329 e. The maximum absolute atomic E-state index is 5.34. The van der Waals surface area contributed by atoms with Gasteiger partial charge in [0.15, 0.2) is 0 Å². The van der Waals surface area contributed by atoms with Gasteiger partial charge in [-0.25, -0.2) is 0 Å². The SMILES string of the molecule is CCC1CC1CNCCN. The van der Waals surface area contributed by atoms with E-state index < -0.39 is 0 Å². The molecule has 1 saturated carbocycles. The van der Waals surface area contributed by atoms with Crippen LogP contribution >= 0.6 is 0 Å². The molecule has 1 aliphatic carbocycles. The molecule has 2 atom stereocenters. The van der Waals surface area contributed by atoms with Gasteiger partial charge in [-0.1, -0.05) is 13.3 Å². The van der Waals surface area contributed by atoms with E-state index in [9.17, 15) is 0 Å². The smallest absolute Gasteiger partial charge is 0.00746 e. The minimum Gasteiger partial charge on any atom is -0.329 e. The highest BCUT2D eigenvalue weighted by molar-refractivity contribution is 4.86. The van der Waals surface area contributed by atoms with Crippen LogP contribution in [-0.4, -0.2) is 19.6 Å². The van der Waals surface area contributed by atoms with Gasteiger partial charge in [-0.05, 0) is 24.8 Å². The molecule has 0 amide bonds. The van der Waals surface area contributed by atoms with Crippen molar-refractivity contribution in [3.05, 3.63) is 0 Å². The Balaban J connectivity index is 1.87. The Morgan fingerprint density at radius 3 is 2.80 bits per heavy atom. The van der Waals surface area contributed by atoms with Gasteiger partial charge >= 0.3 is 0 Å². The zero-order valence-corrected chi connectivity index (χ0v) is 6.77. The molecule has 0 heterocycles. The van der Waals surface area contributed by atoms with E-state index in [1.807, 2.05) is 0 Å². The third-order valence-corrected chi connectivity index (χ3v) is 2.32. The van der Waals surface area contributed by atoms with Crippen molar-refractivity contribution < 1.29 is 0 Å². The molecule has 0 aromatic rings. The Labute approximate surface area is 63.2 Å². The van der Waals surface area contributed by atoms with E-state index in [-0.39, 0.29) is 0 Å². The van der Waals surface area contributed by atoms with Crippen molar-refractivity contribution in [1.82, 2.24) is 5.32 Å². The lowest BCUT2D eigenvalue weighted by Crippen LogP contribution is -2.24. The molecule has 1 fully saturated rings. The van der Waals surface area contributed by atoms with Crippen molar-refractivity contribution in [2.45, 2.75) is 19.8 Å². The van der Waals surface area contributed by atoms with Gasteiger partial charge in [-0.15, -0.1) is 0 Å². The molecule has 1 rings (SSSR count). The summed E-state index contributed by atoms with van der Waals surface area (Å²) in [4.78, 5) is 0. The predicted molar refractivity (Wildman–Crippen MR) is 43.8 cm³/mol. The van der Waals surface area contributed by atoms with Crippen LogP contribution in [0.1, 0.15) is 19.8 Å². The van der Waals surface area contributed by atoms with Crippen LogP contribution in [0, 0.1) is 11.8 Å². The molecule has 0 bridgehead atoms. The van der Waals surface area contributed by atoms with E-state index in [4.69, 9.17) is 5.73 Å². The van der Waals surface area contributed by atoms with Crippen LogP contribution in [0.25, 0.3) is 0 Å². The molecule has 0 saturated heterocycles. The van der Waals surface area contributed by atoms with Crippen molar-refractivity contribution in [2.24, 2.45) is 17.6 Å². The van der Waals surface area contributed by atoms with Gasteiger partial charge < -0.3 is 11.1 Å². The zero-order valence-electron chi connectivity index (χ0n) is 6.77. The molecule has 10 heavy (non-hydrogen) atoms. The quantitative estimate of drug-likeness (QED) is 0.551. The highest BCUT2D eigenvalue weighted by Crippen LogP contribution is 2.40. The molecule has 0 aliphatic heterocycles. The van der Waals surface area contributed by atoms with Gasteiger partial charge in [0.1, 0.15) is 0 Å². The van der Waals surface area contributed by atoms with E-state index in [0.717, 1.165) is 24.9 Å². The predicted octanol–water partition coefficient (Wildman–Crippen LogP) is 0.581. The second-order valence-corrected chi connectivity index (χ2v) is 3.16. The first-order valence-electron chi connectivity index (χ1n) is 4.29. The summed E-state index contributed by atoms with van der Waals surface area (Å²) in [7, 11) is 0. The summed E-state index contributed by atoms with van der Waals surface area (Å²) >= 11 is 0. The van der Waals surface area contributed by atoms with Gasteiger partial charge in [-0.2, -0.15) is 0 Å². The molecule has 0 aromatic heterocycles. The molecule has 2 unspecified atom stereocenters. The minimum absolute atomic E-state index is 0.767. The van der Waals surface area contributed by atoms with E-state index in [0.29, 0.717) is 0 Å². The summed E-state index contributed by atoms with van der Waals surface area (Å²) in [6.07, 6.45) is 2.79. The fourth-order valence-corrected chi connectivity index (χ4v) is 1.45. The molecule has 2 heteroatoms. The molecule has 2 nitrogen and oxygen atoms in total. The monoisotopic (exact) mass is 142 g/mol. The van der Waals surface area contributed by atoms with Crippen LogP contribution in [-0.2, 0) is 0 Å². The molecular weight excluding hydrogens is 124 g/mol. The minimum atomic E-state index is 0.767. The zero-order chi connectivity index (χ0) is 7.40. The normalized spacial score (nSPS) is 30.6. The Morgan fingerprint density at radius 2 is 2.30 bits per heavy atom. The molecule has 0 spiro atoms. The second-order valence-electron chi connectivity index (χ2n) is 3.16. The van der Waals surface area contributed by atoms with Crippen LogP contribution < -0.4 is 11.1 Å². The van der Waals surface area contributed by atoms with E-state index in [1.54, 1.807) is 0 Å². The average Bonchev–Trinajstić information content (AvgIpc) is 2.68. The van der Waals surface area contributed by atoms with Crippen molar-refractivity contribution in [3.8, 4) is 0 Å². The second kappa shape index (κ2) is 3.94. The molecule has 0 aromatic carbocycles. The van der Waals surface area contributed by atoms with Gasteiger partial charge in [0, 0.05) is 13.1 Å². The number of hydrogen-bond donors (Lipinski definition) is 2.